The molecule has 3 rings (SSSR count). The molecule has 3 aromatic rings. The minimum atomic E-state index is -0.652. The number of carbonyl (C=O) groups is 1. The summed E-state index contributed by atoms with van der Waals surface area (Å²) in [5.41, 5.74) is 1.03. The molecule has 0 fully saturated rings. The van der Waals surface area contributed by atoms with Crippen molar-refractivity contribution in [1.82, 2.24) is 0 Å². The van der Waals surface area contributed by atoms with Gasteiger partial charge >= 0.3 is 0 Å². The average molecular weight is 564 g/mol. The first-order valence-electron chi connectivity index (χ1n) is 10.0. The predicted molar refractivity (Wildman–Crippen MR) is 135 cm³/mol. The molecule has 5 nitrogen and oxygen atoms in total. The van der Waals surface area contributed by atoms with Gasteiger partial charge in [-0.05, 0) is 64.8 Å². The predicted octanol–water partition coefficient (Wildman–Crippen LogP) is 7.42. The summed E-state index contributed by atoms with van der Waals surface area (Å²) in [5.74, 6) is -0.285. The second-order valence-electron chi connectivity index (χ2n) is 6.87. The van der Waals surface area contributed by atoms with Gasteiger partial charge in [0.15, 0.2) is 11.5 Å². The van der Waals surface area contributed by atoms with Gasteiger partial charge in [-0.1, -0.05) is 47.5 Å². The Morgan fingerprint density at radius 2 is 1.94 bits per heavy atom. The summed E-state index contributed by atoms with van der Waals surface area (Å²) in [5, 5.41) is 12.6. The van der Waals surface area contributed by atoms with Crippen molar-refractivity contribution in [3.05, 3.63) is 91.6 Å². The maximum Gasteiger partial charge on any atom is 0.266 e. The Hall–Kier alpha value is -3.05. The molecule has 3 aromatic carbocycles. The highest BCUT2D eigenvalue weighted by atomic mass is 79.9. The van der Waals surface area contributed by atoms with Crippen LogP contribution in [0.3, 0.4) is 0 Å². The molecule has 0 unspecified atom stereocenters. The molecule has 174 valence electrons. The van der Waals surface area contributed by atoms with E-state index in [1.54, 1.807) is 55.5 Å². The number of amides is 1. The monoisotopic (exact) mass is 562 g/mol. The molecule has 0 atom stereocenters. The molecular formula is C25H18BrCl2FN2O3. The van der Waals surface area contributed by atoms with Gasteiger partial charge < -0.3 is 14.8 Å². The molecule has 0 heterocycles. The van der Waals surface area contributed by atoms with Crippen LogP contribution < -0.4 is 14.8 Å². The van der Waals surface area contributed by atoms with Crippen LogP contribution in [0.25, 0.3) is 6.08 Å². The lowest BCUT2D eigenvalue weighted by atomic mass is 10.1. The number of carbonyl (C=O) groups excluding carboxylic acids is 1. The van der Waals surface area contributed by atoms with Crippen LogP contribution in [-0.2, 0) is 11.4 Å². The van der Waals surface area contributed by atoms with Crippen LogP contribution in [0.1, 0.15) is 18.1 Å². The summed E-state index contributed by atoms with van der Waals surface area (Å²) in [6.45, 7) is 2.14. The first-order valence-corrected chi connectivity index (χ1v) is 11.6. The highest BCUT2D eigenvalue weighted by Crippen LogP contribution is 2.38. The number of anilines is 1. The van der Waals surface area contributed by atoms with E-state index in [9.17, 15) is 14.4 Å². The molecule has 1 N–H and O–H groups in total. The van der Waals surface area contributed by atoms with Crippen molar-refractivity contribution >= 4 is 56.8 Å². The van der Waals surface area contributed by atoms with Gasteiger partial charge in [0.25, 0.3) is 5.91 Å². The fraction of sp³-hybridized carbons (Fsp3) is 0.120. The van der Waals surface area contributed by atoms with Crippen molar-refractivity contribution in [2.45, 2.75) is 13.5 Å². The lowest BCUT2D eigenvalue weighted by Crippen LogP contribution is -2.13. The smallest absolute Gasteiger partial charge is 0.266 e. The van der Waals surface area contributed by atoms with E-state index < -0.39 is 5.91 Å². The van der Waals surface area contributed by atoms with Gasteiger partial charge in [0, 0.05) is 5.56 Å². The number of nitrogens with zero attached hydrogens (tertiary/aromatic N) is 1. The molecule has 0 radical (unpaired) electrons. The van der Waals surface area contributed by atoms with E-state index in [1.165, 1.54) is 12.1 Å². The van der Waals surface area contributed by atoms with E-state index in [4.69, 9.17) is 32.7 Å². The lowest BCUT2D eigenvalue weighted by Gasteiger charge is -2.15. The van der Waals surface area contributed by atoms with Crippen LogP contribution in [0.4, 0.5) is 10.1 Å². The summed E-state index contributed by atoms with van der Waals surface area (Å²) < 4.78 is 26.0. The molecule has 34 heavy (non-hydrogen) atoms. The summed E-state index contributed by atoms with van der Waals surface area (Å²) in [6.07, 6.45) is 1.40. The standard InChI is InChI=1S/C25H18BrCl2FN2O3/c1-2-33-22-12-15(11-18(26)24(22)34-14-16-6-3-4-8-20(16)29)10-17(13-30)25(32)31-21-9-5-7-19(27)23(21)28/h3-12H,2,14H2,1H3,(H,31,32)/b17-10-. The molecule has 9 heteroatoms. The molecule has 0 aromatic heterocycles. The second kappa shape index (κ2) is 11.9. The van der Waals surface area contributed by atoms with Gasteiger partial charge in [0.05, 0.1) is 26.8 Å². The summed E-state index contributed by atoms with van der Waals surface area (Å²) in [7, 11) is 0. The maximum absolute atomic E-state index is 14.0. The molecule has 0 spiro atoms. The average Bonchev–Trinajstić information content (AvgIpc) is 2.81. The van der Waals surface area contributed by atoms with Crippen molar-refractivity contribution in [2.75, 3.05) is 11.9 Å². The molecule has 0 bridgehead atoms. The normalized spacial score (nSPS) is 11.0. The third-order valence-electron chi connectivity index (χ3n) is 4.54. The largest absolute Gasteiger partial charge is 0.490 e. The van der Waals surface area contributed by atoms with E-state index in [2.05, 4.69) is 21.2 Å². The van der Waals surface area contributed by atoms with E-state index in [0.29, 0.717) is 33.7 Å². The van der Waals surface area contributed by atoms with Crippen LogP contribution in [0.5, 0.6) is 11.5 Å². The van der Waals surface area contributed by atoms with Crippen molar-refractivity contribution < 1.29 is 18.7 Å². The van der Waals surface area contributed by atoms with E-state index in [1.807, 2.05) is 6.07 Å². The number of nitriles is 1. The molecule has 1 amide bonds. The Balaban J connectivity index is 1.87. The second-order valence-corrected chi connectivity index (χ2v) is 8.51. The number of halogens is 4. The Morgan fingerprint density at radius 1 is 1.18 bits per heavy atom. The van der Waals surface area contributed by atoms with Crippen molar-refractivity contribution in [3.63, 3.8) is 0 Å². The van der Waals surface area contributed by atoms with Crippen LogP contribution >= 0.6 is 39.1 Å². The van der Waals surface area contributed by atoms with Gasteiger partial charge in [-0.3, -0.25) is 4.79 Å². The number of benzene rings is 3. The molecule has 0 aliphatic carbocycles. The van der Waals surface area contributed by atoms with Crippen LogP contribution in [-0.4, -0.2) is 12.5 Å². The molecule has 0 saturated heterocycles. The molecule has 0 saturated carbocycles. The molecule has 0 aliphatic heterocycles. The van der Waals surface area contributed by atoms with Gasteiger partial charge in [-0.2, -0.15) is 5.26 Å². The zero-order valence-corrected chi connectivity index (χ0v) is 21.0. The van der Waals surface area contributed by atoms with Crippen molar-refractivity contribution in [3.8, 4) is 17.6 Å². The quantitative estimate of drug-likeness (QED) is 0.229. The number of hydrogen-bond acceptors (Lipinski definition) is 4. The molecular weight excluding hydrogens is 546 g/mol. The highest BCUT2D eigenvalue weighted by Gasteiger charge is 2.16. The lowest BCUT2D eigenvalue weighted by molar-refractivity contribution is -0.112. The van der Waals surface area contributed by atoms with Gasteiger partial charge in [0.1, 0.15) is 24.1 Å². The maximum atomic E-state index is 14.0. The molecule has 0 aliphatic rings. The van der Waals surface area contributed by atoms with E-state index >= 15 is 0 Å². The Labute approximate surface area is 214 Å². The fourth-order valence-electron chi connectivity index (χ4n) is 2.94. The van der Waals surface area contributed by atoms with Crippen LogP contribution in [0, 0.1) is 17.1 Å². The van der Waals surface area contributed by atoms with Crippen molar-refractivity contribution in [1.29, 1.82) is 5.26 Å². The van der Waals surface area contributed by atoms with Gasteiger partial charge in [-0.25, -0.2) is 4.39 Å². The Morgan fingerprint density at radius 3 is 2.65 bits per heavy atom. The third-order valence-corrected chi connectivity index (χ3v) is 5.95. The first-order chi connectivity index (χ1) is 16.3. The fourth-order valence-corrected chi connectivity index (χ4v) is 3.87. The van der Waals surface area contributed by atoms with Crippen molar-refractivity contribution in [2.24, 2.45) is 0 Å². The topological polar surface area (TPSA) is 71.3 Å². The van der Waals surface area contributed by atoms with Gasteiger partial charge in [-0.15, -0.1) is 0 Å². The number of rotatable bonds is 8. The zero-order chi connectivity index (χ0) is 24.7. The van der Waals surface area contributed by atoms with Gasteiger partial charge in [0.2, 0.25) is 0 Å². The summed E-state index contributed by atoms with van der Waals surface area (Å²) >= 11 is 15.5. The first kappa shape index (κ1) is 25.6. The third kappa shape index (κ3) is 6.29. The minimum Gasteiger partial charge on any atom is -0.490 e. The van der Waals surface area contributed by atoms with E-state index in [-0.39, 0.29) is 33.7 Å². The van der Waals surface area contributed by atoms with Crippen LogP contribution in [0.15, 0.2) is 64.6 Å². The van der Waals surface area contributed by atoms with Crippen LogP contribution in [0.2, 0.25) is 10.0 Å². The summed E-state index contributed by atoms with van der Waals surface area (Å²) in [6, 6.07) is 16.3. The number of ether oxygens (including phenoxy) is 2. The number of hydrogen-bond donors (Lipinski definition) is 1. The Bertz CT molecular complexity index is 1290. The minimum absolute atomic E-state index is 0.00716. The zero-order valence-electron chi connectivity index (χ0n) is 17.9. The Kier molecular flexibility index (Phi) is 8.94. The SMILES string of the molecule is CCOc1cc(/C=C(/C#N)C(=O)Nc2cccc(Cl)c2Cl)cc(Br)c1OCc1ccccc1F. The number of nitrogens with one attached hydrogen (secondary N) is 1. The summed E-state index contributed by atoms with van der Waals surface area (Å²) in [4.78, 5) is 12.7. The van der Waals surface area contributed by atoms with E-state index in [0.717, 1.165) is 0 Å². The highest BCUT2D eigenvalue weighted by molar-refractivity contribution is 9.10.